The highest BCUT2D eigenvalue weighted by atomic mass is 19.1. The highest BCUT2D eigenvalue weighted by Gasteiger charge is 1.98. The van der Waals surface area contributed by atoms with Crippen molar-refractivity contribution in [3.63, 3.8) is 0 Å². The van der Waals surface area contributed by atoms with Gasteiger partial charge in [-0.15, -0.1) is 0 Å². The van der Waals surface area contributed by atoms with Crippen LogP contribution in [0.3, 0.4) is 0 Å². The van der Waals surface area contributed by atoms with Crippen LogP contribution >= 0.6 is 0 Å². The Labute approximate surface area is 83.9 Å². The zero-order valence-corrected chi connectivity index (χ0v) is 8.55. The number of rotatable bonds is 3. The molecule has 0 saturated carbocycles. The van der Waals surface area contributed by atoms with Crippen molar-refractivity contribution in [1.82, 2.24) is 0 Å². The number of aliphatic hydroxyl groups excluding tert-OH is 1. The molecule has 0 atom stereocenters. The SMILES string of the molecule is CC/C(=C/c1ccc(F)c(C)c1)CO. The molecule has 0 saturated heterocycles. The molecule has 0 aromatic heterocycles. The summed E-state index contributed by atoms with van der Waals surface area (Å²) in [6, 6.07) is 4.94. The molecule has 0 radical (unpaired) electrons. The van der Waals surface area contributed by atoms with E-state index in [1.165, 1.54) is 6.07 Å². The fourth-order valence-corrected chi connectivity index (χ4v) is 1.25. The second-order valence-corrected chi connectivity index (χ2v) is 3.32. The van der Waals surface area contributed by atoms with E-state index in [0.717, 1.165) is 17.6 Å². The van der Waals surface area contributed by atoms with E-state index < -0.39 is 0 Å². The molecule has 1 aromatic carbocycles. The van der Waals surface area contributed by atoms with Crippen LogP contribution in [0.5, 0.6) is 0 Å². The standard InChI is InChI=1S/C12H15FO/c1-3-10(8-14)7-11-4-5-12(13)9(2)6-11/h4-7,14H,3,8H2,1-2H3/b10-7-. The normalized spacial score (nSPS) is 11.9. The third-order valence-electron chi connectivity index (χ3n) is 2.21. The van der Waals surface area contributed by atoms with Crippen LogP contribution in [0.2, 0.25) is 0 Å². The molecule has 1 N–H and O–H groups in total. The molecular weight excluding hydrogens is 179 g/mol. The first-order valence-electron chi connectivity index (χ1n) is 4.73. The second-order valence-electron chi connectivity index (χ2n) is 3.32. The van der Waals surface area contributed by atoms with Crippen molar-refractivity contribution in [1.29, 1.82) is 0 Å². The predicted molar refractivity (Wildman–Crippen MR) is 56.5 cm³/mol. The van der Waals surface area contributed by atoms with Gasteiger partial charge in [-0.25, -0.2) is 4.39 Å². The molecule has 76 valence electrons. The predicted octanol–water partition coefficient (Wildman–Crippen LogP) is 2.92. The molecular formula is C12H15FO. The lowest BCUT2D eigenvalue weighted by molar-refractivity contribution is 0.329. The summed E-state index contributed by atoms with van der Waals surface area (Å²) >= 11 is 0. The van der Waals surface area contributed by atoms with Crippen molar-refractivity contribution in [3.05, 3.63) is 40.7 Å². The number of halogens is 1. The fourth-order valence-electron chi connectivity index (χ4n) is 1.25. The molecule has 1 rings (SSSR count). The lowest BCUT2D eigenvalue weighted by atomic mass is 10.1. The average molecular weight is 194 g/mol. The van der Waals surface area contributed by atoms with Crippen molar-refractivity contribution < 1.29 is 9.50 Å². The lowest BCUT2D eigenvalue weighted by Gasteiger charge is -2.02. The summed E-state index contributed by atoms with van der Waals surface area (Å²) in [4.78, 5) is 0. The second kappa shape index (κ2) is 4.91. The number of aryl methyl sites for hydroxylation is 1. The van der Waals surface area contributed by atoms with E-state index in [0.29, 0.717) is 5.56 Å². The van der Waals surface area contributed by atoms with Gasteiger partial charge in [-0.05, 0) is 42.2 Å². The number of benzene rings is 1. The van der Waals surface area contributed by atoms with Crippen LogP contribution in [0.1, 0.15) is 24.5 Å². The third-order valence-corrected chi connectivity index (χ3v) is 2.21. The number of hydrogen-bond acceptors (Lipinski definition) is 1. The van der Waals surface area contributed by atoms with Crippen LogP contribution in [0, 0.1) is 12.7 Å². The molecule has 0 heterocycles. The van der Waals surface area contributed by atoms with Crippen molar-refractivity contribution in [3.8, 4) is 0 Å². The van der Waals surface area contributed by atoms with E-state index in [1.54, 1.807) is 19.1 Å². The summed E-state index contributed by atoms with van der Waals surface area (Å²) in [5.41, 5.74) is 2.53. The van der Waals surface area contributed by atoms with Crippen molar-refractivity contribution in [2.45, 2.75) is 20.3 Å². The number of aliphatic hydroxyl groups is 1. The first-order valence-corrected chi connectivity index (χ1v) is 4.73. The van der Waals surface area contributed by atoms with Gasteiger partial charge in [-0.1, -0.05) is 19.1 Å². The Bertz CT molecular complexity index is 336. The third kappa shape index (κ3) is 2.67. The maximum atomic E-state index is 12.9. The topological polar surface area (TPSA) is 20.2 Å². The summed E-state index contributed by atoms with van der Waals surface area (Å²) in [5.74, 6) is -0.191. The summed E-state index contributed by atoms with van der Waals surface area (Å²) in [6.45, 7) is 3.78. The molecule has 0 aliphatic carbocycles. The maximum Gasteiger partial charge on any atom is 0.126 e. The van der Waals surface area contributed by atoms with Crippen LogP contribution < -0.4 is 0 Å². The van der Waals surface area contributed by atoms with E-state index >= 15 is 0 Å². The molecule has 1 nitrogen and oxygen atoms in total. The van der Waals surface area contributed by atoms with E-state index in [4.69, 9.17) is 5.11 Å². The largest absolute Gasteiger partial charge is 0.392 e. The quantitative estimate of drug-likeness (QED) is 0.784. The fraction of sp³-hybridized carbons (Fsp3) is 0.333. The van der Waals surface area contributed by atoms with Gasteiger partial charge in [0, 0.05) is 0 Å². The molecule has 0 fully saturated rings. The molecule has 0 aliphatic heterocycles. The Balaban J connectivity index is 2.97. The Morgan fingerprint density at radius 1 is 1.50 bits per heavy atom. The van der Waals surface area contributed by atoms with Crippen LogP contribution in [-0.4, -0.2) is 11.7 Å². The van der Waals surface area contributed by atoms with Crippen molar-refractivity contribution in [2.75, 3.05) is 6.61 Å². The van der Waals surface area contributed by atoms with Gasteiger partial charge in [-0.3, -0.25) is 0 Å². The maximum absolute atomic E-state index is 12.9. The highest BCUT2D eigenvalue weighted by molar-refractivity contribution is 5.53. The minimum absolute atomic E-state index is 0.0624. The molecule has 0 aliphatic rings. The first kappa shape index (κ1) is 10.9. The molecule has 1 aromatic rings. The Hall–Kier alpha value is -1.15. The van der Waals surface area contributed by atoms with Gasteiger partial charge in [0.2, 0.25) is 0 Å². The van der Waals surface area contributed by atoms with Crippen molar-refractivity contribution in [2.24, 2.45) is 0 Å². The minimum atomic E-state index is -0.191. The Morgan fingerprint density at radius 3 is 2.71 bits per heavy atom. The van der Waals surface area contributed by atoms with Gasteiger partial charge in [0.1, 0.15) is 5.82 Å². The zero-order chi connectivity index (χ0) is 10.6. The first-order chi connectivity index (χ1) is 6.67. The average Bonchev–Trinajstić information content (AvgIpc) is 2.19. The van der Waals surface area contributed by atoms with Crippen molar-refractivity contribution >= 4 is 6.08 Å². The van der Waals surface area contributed by atoms with Crippen LogP contribution in [0.4, 0.5) is 4.39 Å². The smallest absolute Gasteiger partial charge is 0.126 e. The summed E-state index contributed by atoms with van der Waals surface area (Å²) in [7, 11) is 0. The molecule has 0 amide bonds. The zero-order valence-electron chi connectivity index (χ0n) is 8.55. The van der Waals surface area contributed by atoms with E-state index in [2.05, 4.69) is 0 Å². The van der Waals surface area contributed by atoms with Crippen LogP contribution in [0.25, 0.3) is 6.08 Å². The van der Waals surface area contributed by atoms with Gasteiger partial charge < -0.3 is 5.11 Å². The molecule has 0 bridgehead atoms. The Morgan fingerprint density at radius 2 is 2.21 bits per heavy atom. The molecule has 14 heavy (non-hydrogen) atoms. The van der Waals surface area contributed by atoms with Crippen LogP contribution in [-0.2, 0) is 0 Å². The Kier molecular flexibility index (Phi) is 3.84. The van der Waals surface area contributed by atoms with Gasteiger partial charge >= 0.3 is 0 Å². The van der Waals surface area contributed by atoms with Gasteiger partial charge in [0.25, 0.3) is 0 Å². The van der Waals surface area contributed by atoms with Gasteiger partial charge in [0.05, 0.1) is 6.61 Å². The van der Waals surface area contributed by atoms with E-state index in [1.807, 2.05) is 13.0 Å². The van der Waals surface area contributed by atoms with E-state index in [-0.39, 0.29) is 12.4 Å². The lowest BCUT2D eigenvalue weighted by Crippen LogP contribution is -1.89. The number of hydrogen-bond donors (Lipinski definition) is 1. The summed E-state index contributed by atoms with van der Waals surface area (Å²) < 4.78 is 12.9. The minimum Gasteiger partial charge on any atom is -0.392 e. The highest BCUT2D eigenvalue weighted by Crippen LogP contribution is 2.13. The monoisotopic (exact) mass is 194 g/mol. The van der Waals surface area contributed by atoms with Gasteiger partial charge in [0.15, 0.2) is 0 Å². The molecule has 0 unspecified atom stereocenters. The summed E-state index contributed by atoms with van der Waals surface area (Å²) in [5, 5.41) is 8.97. The van der Waals surface area contributed by atoms with E-state index in [9.17, 15) is 4.39 Å². The van der Waals surface area contributed by atoms with Gasteiger partial charge in [-0.2, -0.15) is 0 Å². The molecule has 2 heteroatoms. The molecule has 0 spiro atoms. The van der Waals surface area contributed by atoms with Crippen LogP contribution in [0.15, 0.2) is 23.8 Å². The summed E-state index contributed by atoms with van der Waals surface area (Å²) in [6.07, 6.45) is 2.71.